The molecule has 0 saturated carbocycles. The molecule has 2 aromatic heterocycles. The molecule has 0 radical (unpaired) electrons. The minimum Gasteiger partial charge on any atom is -0.396 e. The number of aliphatic hydroxyl groups is 1. The molecule has 0 aromatic carbocycles. The number of imidazole rings is 1. The maximum atomic E-state index is 11.8. The fourth-order valence-electron chi connectivity index (χ4n) is 2.33. The molecule has 2 N–H and O–H groups in total. The smallest absolute Gasteiger partial charge is 0.329 e. The number of hydrogen-bond donors (Lipinski definition) is 2. The second-order valence-electron chi connectivity index (χ2n) is 4.97. The van der Waals surface area contributed by atoms with E-state index < -0.39 is 11.2 Å². The Labute approximate surface area is 115 Å². The lowest BCUT2D eigenvalue weighted by Crippen LogP contribution is -2.29. The third-order valence-electron chi connectivity index (χ3n) is 3.54. The third-order valence-corrected chi connectivity index (χ3v) is 3.54. The van der Waals surface area contributed by atoms with Crippen LogP contribution in [0.1, 0.15) is 31.5 Å². The van der Waals surface area contributed by atoms with Crippen LogP contribution in [0.5, 0.6) is 0 Å². The van der Waals surface area contributed by atoms with E-state index in [1.54, 1.807) is 18.7 Å². The van der Waals surface area contributed by atoms with Gasteiger partial charge in [0.15, 0.2) is 11.2 Å². The Morgan fingerprint density at radius 1 is 1.10 bits per heavy atom. The van der Waals surface area contributed by atoms with Crippen molar-refractivity contribution in [3.8, 4) is 0 Å². The van der Waals surface area contributed by atoms with E-state index >= 15 is 0 Å². The number of nitrogens with zero attached hydrogens (tertiary/aromatic N) is 3. The highest BCUT2D eigenvalue weighted by molar-refractivity contribution is 5.70. The molecule has 0 amide bonds. The van der Waals surface area contributed by atoms with E-state index in [0.717, 1.165) is 37.9 Å². The summed E-state index contributed by atoms with van der Waals surface area (Å²) < 4.78 is 3.10. The summed E-state index contributed by atoms with van der Waals surface area (Å²) in [6.45, 7) is 0.226. The molecule has 0 unspecified atom stereocenters. The van der Waals surface area contributed by atoms with E-state index in [2.05, 4.69) is 9.97 Å². The van der Waals surface area contributed by atoms with E-state index in [-0.39, 0.29) is 6.61 Å². The molecule has 0 saturated heterocycles. The highest BCUT2D eigenvalue weighted by atomic mass is 16.3. The van der Waals surface area contributed by atoms with Gasteiger partial charge in [-0.3, -0.25) is 14.3 Å². The number of aliphatic hydroxyl groups excluding tert-OH is 1. The Morgan fingerprint density at radius 2 is 1.80 bits per heavy atom. The van der Waals surface area contributed by atoms with Crippen molar-refractivity contribution in [2.75, 3.05) is 6.61 Å². The van der Waals surface area contributed by atoms with Crippen LogP contribution < -0.4 is 11.2 Å². The predicted octanol–water partition coefficient (Wildman–Crippen LogP) is 0.0555. The molecule has 0 aliphatic rings. The molecule has 7 nitrogen and oxygen atoms in total. The zero-order valence-corrected chi connectivity index (χ0v) is 11.8. The number of aryl methyl sites for hydroxylation is 3. The van der Waals surface area contributed by atoms with Gasteiger partial charge < -0.3 is 9.67 Å². The van der Waals surface area contributed by atoms with Gasteiger partial charge >= 0.3 is 5.69 Å². The van der Waals surface area contributed by atoms with E-state index in [0.29, 0.717) is 11.2 Å². The fraction of sp³-hybridized carbons (Fsp3) is 0.615. The van der Waals surface area contributed by atoms with Gasteiger partial charge in [-0.05, 0) is 12.8 Å². The Kier molecular flexibility index (Phi) is 4.39. The molecule has 0 aliphatic heterocycles. The number of aromatic nitrogens is 4. The predicted molar refractivity (Wildman–Crippen MR) is 75.8 cm³/mol. The Balaban J connectivity index is 2.26. The molecule has 110 valence electrons. The topological polar surface area (TPSA) is 92.9 Å². The Bertz CT molecular complexity index is 711. The summed E-state index contributed by atoms with van der Waals surface area (Å²) in [4.78, 5) is 30.1. The summed E-state index contributed by atoms with van der Waals surface area (Å²) in [5, 5.41) is 8.72. The van der Waals surface area contributed by atoms with Crippen molar-refractivity contribution in [3.05, 3.63) is 26.7 Å². The molecule has 7 heteroatoms. The molecule has 0 spiro atoms. The SMILES string of the molecule is Cn1c(CCCCCCO)nc2c1c(=O)[nH]c(=O)n2C. The van der Waals surface area contributed by atoms with Crippen molar-refractivity contribution in [2.45, 2.75) is 32.1 Å². The van der Waals surface area contributed by atoms with Gasteiger partial charge in [0.1, 0.15) is 5.82 Å². The normalized spacial score (nSPS) is 11.3. The van der Waals surface area contributed by atoms with Crippen molar-refractivity contribution in [1.29, 1.82) is 0 Å². The number of rotatable bonds is 6. The number of nitrogens with one attached hydrogen (secondary N) is 1. The van der Waals surface area contributed by atoms with Crippen LogP contribution in [-0.2, 0) is 20.5 Å². The summed E-state index contributed by atoms with van der Waals surface area (Å²) in [7, 11) is 3.39. The van der Waals surface area contributed by atoms with Crippen molar-refractivity contribution >= 4 is 11.2 Å². The number of hydrogen-bond acceptors (Lipinski definition) is 4. The maximum Gasteiger partial charge on any atom is 0.329 e. The Morgan fingerprint density at radius 3 is 2.50 bits per heavy atom. The van der Waals surface area contributed by atoms with E-state index in [1.807, 2.05) is 0 Å². The van der Waals surface area contributed by atoms with Crippen molar-refractivity contribution in [1.82, 2.24) is 19.1 Å². The monoisotopic (exact) mass is 280 g/mol. The first kappa shape index (κ1) is 14.5. The lowest BCUT2D eigenvalue weighted by atomic mass is 10.1. The quantitative estimate of drug-likeness (QED) is 0.731. The summed E-state index contributed by atoms with van der Waals surface area (Å²) in [5.41, 5.74) is 0.00351. The van der Waals surface area contributed by atoms with Crippen molar-refractivity contribution in [2.24, 2.45) is 14.1 Å². The van der Waals surface area contributed by atoms with Crippen LogP contribution in [-0.4, -0.2) is 30.8 Å². The number of aromatic amines is 1. The van der Waals surface area contributed by atoms with E-state index in [1.165, 1.54) is 4.57 Å². The highest BCUT2D eigenvalue weighted by Gasteiger charge is 2.14. The molecular formula is C13H20N4O3. The van der Waals surface area contributed by atoms with Crippen LogP contribution >= 0.6 is 0 Å². The summed E-state index contributed by atoms with van der Waals surface area (Å²) in [6, 6.07) is 0. The van der Waals surface area contributed by atoms with Crippen LogP contribution in [0.3, 0.4) is 0 Å². The largest absolute Gasteiger partial charge is 0.396 e. The first-order valence-electron chi connectivity index (χ1n) is 6.81. The number of fused-ring (bicyclic) bond motifs is 1. The molecule has 2 rings (SSSR count). The summed E-state index contributed by atoms with van der Waals surface area (Å²) in [6.07, 6.45) is 4.52. The molecule has 2 aromatic rings. The molecular weight excluding hydrogens is 260 g/mol. The van der Waals surface area contributed by atoms with Crippen LogP contribution in [0.25, 0.3) is 11.2 Å². The minimum absolute atomic E-state index is 0.226. The zero-order valence-electron chi connectivity index (χ0n) is 11.8. The number of H-pyrrole nitrogens is 1. The van der Waals surface area contributed by atoms with Crippen molar-refractivity contribution < 1.29 is 5.11 Å². The second kappa shape index (κ2) is 6.04. The molecule has 0 aliphatic carbocycles. The van der Waals surface area contributed by atoms with E-state index in [9.17, 15) is 9.59 Å². The van der Waals surface area contributed by atoms with Gasteiger partial charge in [0.05, 0.1) is 0 Å². The maximum absolute atomic E-state index is 11.8. The molecule has 0 bridgehead atoms. The first-order chi connectivity index (χ1) is 9.56. The lowest BCUT2D eigenvalue weighted by molar-refractivity contribution is 0.282. The molecule has 0 fully saturated rings. The zero-order chi connectivity index (χ0) is 14.7. The lowest BCUT2D eigenvalue weighted by Gasteiger charge is -2.01. The molecule has 2 heterocycles. The van der Waals surface area contributed by atoms with Gasteiger partial charge in [0.2, 0.25) is 0 Å². The van der Waals surface area contributed by atoms with Gasteiger partial charge in [-0.25, -0.2) is 9.78 Å². The molecule has 20 heavy (non-hydrogen) atoms. The number of unbranched alkanes of at least 4 members (excludes halogenated alkanes) is 3. The average Bonchev–Trinajstić information content (AvgIpc) is 2.74. The standard InChI is InChI=1S/C13H20N4O3/c1-16-9(7-5-3-4-6-8-18)14-11-10(16)12(19)15-13(20)17(11)2/h18H,3-8H2,1-2H3,(H,15,19,20). The van der Waals surface area contributed by atoms with E-state index in [4.69, 9.17) is 5.11 Å². The third kappa shape index (κ3) is 2.67. The van der Waals surface area contributed by atoms with Crippen LogP contribution in [0, 0.1) is 0 Å². The van der Waals surface area contributed by atoms with Gasteiger partial charge in [-0.15, -0.1) is 0 Å². The average molecular weight is 280 g/mol. The minimum atomic E-state index is -0.449. The van der Waals surface area contributed by atoms with Crippen LogP contribution in [0.2, 0.25) is 0 Å². The van der Waals surface area contributed by atoms with Crippen LogP contribution in [0.15, 0.2) is 9.59 Å². The fourth-order valence-corrected chi connectivity index (χ4v) is 2.33. The first-order valence-corrected chi connectivity index (χ1v) is 6.81. The Hall–Kier alpha value is -1.89. The summed E-state index contributed by atoms with van der Waals surface area (Å²) in [5.74, 6) is 0.802. The van der Waals surface area contributed by atoms with Crippen molar-refractivity contribution in [3.63, 3.8) is 0 Å². The van der Waals surface area contributed by atoms with Gasteiger partial charge in [-0.1, -0.05) is 12.8 Å². The van der Waals surface area contributed by atoms with Gasteiger partial charge in [-0.2, -0.15) is 0 Å². The molecule has 0 atom stereocenters. The summed E-state index contributed by atoms with van der Waals surface area (Å²) >= 11 is 0. The highest BCUT2D eigenvalue weighted by Crippen LogP contribution is 2.12. The van der Waals surface area contributed by atoms with Crippen LogP contribution in [0.4, 0.5) is 0 Å². The van der Waals surface area contributed by atoms with Gasteiger partial charge in [0, 0.05) is 27.1 Å². The van der Waals surface area contributed by atoms with Gasteiger partial charge in [0.25, 0.3) is 5.56 Å². The second-order valence-corrected chi connectivity index (χ2v) is 4.97.